The minimum atomic E-state index is 0.164. The Morgan fingerprint density at radius 1 is 1.50 bits per heavy atom. The molecule has 1 saturated carbocycles. The van der Waals surface area contributed by atoms with E-state index in [0.29, 0.717) is 12.6 Å². The molecule has 0 aromatic carbocycles. The molecule has 5 nitrogen and oxygen atoms in total. The van der Waals surface area contributed by atoms with Crippen molar-refractivity contribution in [1.29, 1.82) is 0 Å². The second-order valence-electron chi connectivity index (χ2n) is 3.94. The summed E-state index contributed by atoms with van der Waals surface area (Å²) >= 11 is 0. The van der Waals surface area contributed by atoms with E-state index in [2.05, 4.69) is 20.2 Å². The predicted octanol–water partition coefficient (Wildman–Crippen LogP) is 0.869. The monoisotopic (exact) mass is 222 g/mol. The molecule has 5 heteroatoms. The summed E-state index contributed by atoms with van der Waals surface area (Å²) in [6, 6.07) is 2.49. The number of rotatable bonds is 6. The molecule has 2 rings (SSSR count). The van der Waals surface area contributed by atoms with Gasteiger partial charge in [0.2, 0.25) is 0 Å². The van der Waals surface area contributed by atoms with Gasteiger partial charge in [0.15, 0.2) is 0 Å². The minimum Gasteiger partial charge on any atom is -0.395 e. The summed E-state index contributed by atoms with van der Waals surface area (Å²) in [6.45, 7) is 3.69. The van der Waals surface area contributed by atoms with Crippen molar-refractivity contribution >= 4 is 11.6 Å². The lowest BCUT2D eigenvalue weighted by Crippen LogP contribution is -2.29. The maximum Gasteiger partial charge on any atom is 0.134 e. The molecule has 0 bridgehead atoms. The van der Waals surface area contributed by atoms with Crippen LogP contribution in [0.1, 0.15) is 19.8 Å². The summed E-state index contributed by atoms with van der Waals surface area (Å²) in [5, 5.41) is 12.2. The highest BCUT2D eigenvalue weighted by Crippen LogP contribution is 2.30. The zero-order valence-corrected chi connectivity index (χ0v) is 9.56. The first kappa shape index (κ1) is 11.1. The van der Waals surface area contributed by atoms with E-state index in [-0.39, 0.29) is 6.61 Å². The highest BCUT2D eigenvalue weighted by Gasteiger charge is 2.29. The molecule has 2 N–H and O–H groups in total. The topological polar surface area (TPSA) is 61.3 Å². The van der Waals surface area contributed by atoms with Crippen LogP contribution in [0.25, 0.3) is 0 Å². The van der Waals surface area contributed by atoms with E-state index < -0.39 is 0 Å². The maximum atomic E-state index is 9.05. The minimum absolute atomic E-state index is 0.164. The number of anilines is 2. The standard InChI is InChI=1S/C11H18N4O/c1-2-12-10-7-11(14-8-13-10)15(5-6-16)9-3-4-9/h7-9,16H,2-6H2,1H3,(H,12,13,14). The fraction of sp³-hybridized carbons (Fsp3) is 0.636. The highest BCUT2D eigenvalue weighted by molar-refractivity contribution is 5.49. The Kier molecular flexibility index (Phi) is 3.56. The summed E-state index contributed by atoms with van der Waals surface area (Å²) in [5.41, 5.74) is 0. The molecule has 0 saturated heterocycles. The number of aliphatic hydroxyl groups is 1. The van der Waals surface area contributed by atoms with E-state index in [1.165, 1.54) is 12.8 Å². The van der Waals surface area contributed by atoms with Gasteiger partial charge in [-0.05, 0) is 19.8 Å². The molecule has 0 aliphatic heterocycles. The molecular weight excluding hydrogens is 204 g/mol. The van der Waals surface area contributed by atoms with E-state index in [1.54, 1.807) is 6.33 Å². The average molecular weight is 222 g/mol. The summed E-state index contributed by atoms with van der Waals surface area (Å²) in [4.78, 5) is 10.6. The predicted molar refractivity (Wildman–Crippen MR) is 63.6 cm³/mol. The van der Waals surface area contributed by atoms with Gasteiger partial charge in [0.25, 0.3) is 0 Å². The first-order valence-corrected chi connectivity index (χ1v) is 5.78. The smallest absolute Gasteiger partial charge is 0.134 e. The van der Waals surface area contributed by atoms with Gasteiger partial charge in [0.1, 0.15) is 18.0 Å². The molecular formula is C11H18N4O. The Balaban J connectivity index is 2.12. The van der Waals surface area contributed by atoms with E-state index in [9.17, 15) is 0 Å². The molecule has 16 heavy (non-hydrogen) atoms. The Bertz CT molecular complexity index is 341. The van der Waals surface area contributed by atoms with Crippen molar-refractivity contribution < 1.29 is 5.11 Å². The third-order valence-corrected chi connectivity index (χ3v) is 2.63. The normalized spacial score (nSPS) is 14.9. The second kappa shape index (κ2) is 5.12. The van der Waals surface area contributed by atoms with Crippen LogP contribution in [0.5, 0.6) is 0 Å². The number of hydrogen-bond donors (Lipinski definition) is 2. The van der Waals surface area contributed by atoms with Crippen LogP contribution in [0.2, 0.25) is 0 Å². The molecule has 1 aromatic heterocycles. The van der Waals surface area contributed by atoms with Crippen LogP contribution in [0, 0.1) is 0 Å². The lowest BCUT2D eigenvalue weighted by molar-refractivity contribution is 0.301. The maximum absolute atomic E-state index is 9.05. The van der Waals surface area contributed by atoms with E-state index in [1.807, 2.05) is 13.0 Å². The molecule has 1 heterocycles. The average Bonchev–Trinajstić information content (AvgIpc) is 3.11. The number of aliphatic hydroxyl groups excluding tert-OH is 1. The van der Waals surface area contributed by atoms with Gasteiger partial charge in [-0.25, -0.2) is 9.97 Å². The Morgan fingerprint density at radius 2 is 2.31 bits per heavy atom. The molecule has 0 amide bonds. The van der Waals surface area contributed by atoms with Crippen molar-refractivity contribution in [3.63, 3.8) is 0 Å². The van der Waals surface area contributed by atoms with Gasteiger partial charge in [-0.15, -0.1) is 0 Å². The van der Waals surface area contributed by atoms with Crippen LogP contribution in [0.4, 0.5) is 11.6 Å². The summed E-state index contributed by atoms with van der Waals surface area (Å²) in [5.74, 6) is 1.75. The first-order chi connectivity index (χ1) is 7.85. The van der Waals surface area contributed by atoms with Crippen molar-refractivity contribution in [2.75, 3.05) is 29.9 Å². The zero-order valence-electron chi connectivity index (χ0n) is 9.56. The Labute approximate surface area is 95.5 Å². The fourth-order valence-corrected chi connectivity index (χ4v) is 1.76. The number of hydrogen-bond acceptors (Lipinski definition) is 5. The first-order valence-electron chi connectivity index (χ1n) is 5.78. The van der Waals surface area contributed by atoms with Crippen LogP contribution in [-0.2, 0) is 0 Å². The molecule has 88 valence electrons. The molecule has 0 spiro atoms. The van der Waals surface area contributed by atoms with Crippen LogP contribution in [0.15, 0.2) is 12.4 Å². The molecule has 1 aliphatic rings. The van der Waals surface area contributed by atoms with Gasteiger partial charge in [-0.2, -0.15) is 0 Å². The van der Waals surface area contributed by atoms with E-state index in [4.69, 9.17) is 5.11 Å². The SMILES string of the molecule is CCNc1cc(N(CCO)C2CC2)ncn1. The third-order valence-electron chi connectivity index (χ3n) is 2.63. The number of nitrogens with one attached hydrogen (secondary N) is 1. The van der Waals surface area contributed by atoms with Gasteiger partial charge < -0.3 is 15.3 Å². The molecule has 0 atom stereocenters. The number of aromatic nitrogens is 2. The van der Waals surface area contributed by atoms with E-state index in [0.717, 1.165) is 18.2 Å². The quantitative estimate of drug-likeness (QED) is 0.748. The van der Waals surface area contributed by atoms with Crippen LogP contribution < -0.4 is 10.2 Å². The van der Waals surface area contributed by atoms with Crippen molar-refractivity contribution in [1.82, 2.24) is 9.97 Å². The molecule has 1 fully saturated rings. The van der Waals surface area contributed by atoms with Crippen LogP contribution >= 0.6 is 0 Å². The van der Waals surface area contributed by atoms with Gasteiger partial charge in [-0.3, -0.25) is 0 Å². The van der Waals surface area contributed by atoms with Gasteiger partial charge in [-0.1, -0.05) is 0 Å². The highest BCUT2D eigenvalue weighted by atomic mass is 16.3. The molecule has 1 aromatic rings. The molecule has 1 aliphatic carbocycles. The number of nitrogens with zero attached hydrogens (tertiary/aromatic N) is 3. The third kappa shape index (κ3) is 2.61. The van der Waals surface area contributed by atoms with Crippen molar-refractivity contribution in [3.05, 3.63) is 12.4 Å². The van der Waals surface area contributed by atoms with Crippen LogP contribution in [0.3, 0.4) is 0 Å². The fourth-order valence-electron chi connectivity index (χ4n) is 1.76. The Hall–Kier alpha value is -1.36. The Morgan fingerprint density at radius 3 is 2.94 bits per heavy atom. The zero-order chi connectivity index (χ0) is 11.4. The molecule has 0 unspecified atom stereocenters. The molecule has 0 radical (unpaired) electrons. The van der Waals surface area contributed by atoms with Crippen molar-refractivity contribution in [2.45, 2.75) is 25.8 Å². The summed E-state index contributed by atoms with van der Waals surface area (Å²) in [6.07, 6.45) is 3.96. The lowest BCUT2D eigenvalue weighted by Gasteiger charge is -2.22. The van der Waals surface area contributed by atoms with Crippen molar-refractivity contribution in [3.8, 4) is 0 Å². The van der Waals surface area contributed by atoms with Gasteiger partial charge in [0.05, 0.1) is 6.61 Å². The largest absolute Gasteiger partial charge is 0.395 e. The van der Waals surface area contributed by atoms with Gasteiger partial charge >= 0.3 is 0 Å². The summed E-state index contributed by atoms with van der Waals surface area (Å²) < 4.78 is 0. The van der Waals surface area contributed by atoms with E-state index >= 15 is 0 Å². The van der Waals surface area contributed by atoms with Crippen molar-refractivity contribution in [2.24, 2.45) is 0 Å². The lowest BCUT2D eigenvalue weighted by atomic mass is 10.4. The summed E-state index contributed by atoms with van der Waals surface area (Å²) in [7, 11) is 0. The van der Waals surface area contributed by atoms with Crippen LogP contribution in [-0.4, -0.2) is 40.8 Å². The van der Waals surface area contributed by atoms with Gasteiger partial charge in [0, 0.05) is 25.2 Å². The second-order valence-corrected chi connectivity index (χ2v) is 3.94.